The number of sulfonamides is 1. The molecule has 2 aromatic carbocycles. The largest absolute Gasteiger partial charge is 0.324 e. The van der Waals surface area contributed by atoms with Crippen LogP contribution < -0.4 is 10.0 Å². The minimum atomic E-state index is -3.81. The average molecular weight is 425 g/mol. The van der Waals surface area contributed by atoms with Crippen LogP contribution in [-0.2, 0) is 14.8 Å². The smallest absolute Gasteiger partial charge is 0.242 e. The van der Waals surface area contributed by atoms with E-state index in [9.17, 15) is 13.2 Å². The number of aryl methyl sites for hydroxylation is 3. The molecule has 0 spiro atoms. The van der Waals surface area contributed by atoms with Crippen LogP contribution in [0.5, 0.6) is 0 Å². The van der Waals surface area contributed by atoms with Crippen molar-refractivity contribution in [2.75, 3.05) is 5.32 Å². The van der Waals surface area contributed by atoms with Gasteiger partial charge in [0.2, 0.25) is 15.9 Å². The maximum Gasteiger partial charge on any atom is 0.242 e. The topological polar surface area (TPSA) is 75.3 Å². The molecular formula is C18H21BrN2O3S. The first kappa shape index (κ1) is 19.6. The number of rotatable bonds is 5. The second kappa shape index (κ2) is 7.68. The van der Waals surface area contributed by atoms with E-state index in [1.54, 1.807) is 32.0 Å². The molecule has 0 aliphatic carbocycles. The predicted octanol–water partition coefficient (Wildman–Crippen LogP) is 3.68. The highest BCUT2D eigenvalue weighted by Gasteiger charge is 2.25. The van der Waals surface area contributed by atoms with Crippen LogP contribution in [0, 0.1) is 20.8 Å². The predicted molar refractivity (Wildman–Crippen MR) is 103 cm³/mol. The summed E-state index contributed by atoms with van der Waals surface area (Å²) in [7, 11) is -3.81. The molecular weight excluding hydrogens is 404 g/mol. The number of anilines is 1. The van der Waals surface area contributed by atoms with E-state index in [0.29, 0.717) is 16.8 Å². The second-order valence-electron chi connectivity index (χ2n) is 6.04. The first-order chi connectivity index (χ1) is 11.6. The summed E-state index contributed by atoms with van der Waals surface area (Å²) in [5, 5.41) is 2.71. The highest BCUT2D eigenvalue weighted by Crippen LogP contribution is 2.23. The van der Waals surface area contributed by atoms with E-state index in [-0.39, 0.29) is 4.90 Å². The molecule has 2 N–H and O–H groups in total. The summed E-state index contributed by atoms with van der Waals surface area (Å²) >= 11 is 3.34. The third-order valence-corrected chi connectivity index (χ3v) is 6.27. The highest BCUT2D eigenvalue weighted by atomic mass is 79.9. The first-order valence-electron chi connectivity index (χ1n) is 7.77. The number of para-hydroxylation sites is 1. The van der Waals surface area contributed by atoms with E-state index >= 15 is 0 Å². The third-order valence-electron chi connectivity index (χ3n) is 3.73. The maximum atomic E-state index is 12.7. The number of benzene rings is 2. The van der Waals surface area contributed by atoms with Crippen molar-refractivity contribution < 1.29 is 13.2 Å². The van der Waals surface area contributed by atoms with Gasteiger partial charge in [-0.15, -0.1) is 0 Å². The standard InChI is InChI=1S/C18H21BrN2O3S/c1-11-9-12(2)17(13(3)10-11)25(23,24)21-14(4)18(22)20-16-8-6-5-7-15(16)19/h5-10,14,21H,1-4H3,(H,20,22). The molecule has 2 rings (SSSR count). The van der Waals surface area contributed by atoms with Crippen LogP contribution >= 0.6 is 15.9 Å². The lowest BCUT2D eigenvalue weighted by atomic mass is 10.1. The fourth-order valence-electron chi connectivity index (χ4n) is 2.74. The molecule has 0 aliphatic rings. The zero-order valence-corrected chi connectivity index (χ0v) is 17.0. The molecule has 2 aromatic rings. The Morgan fingerprint density at radius 1 is 1.08 bits per heavy atom. The highest BCUT2D eigenvalue weighted by molar-refractivity contribution is 9.10. The monoisotopic (exact) mass is 424 g/mol. The molecule has 0 aromatic heterocycles. The van der Waals surface area contributed by atoms with E-state index in [1.165, 1.54) is 6.92 Å². The summed E-state index contributed by atoms with van der Waals surface area (Å²) in [6.07, 6.45) is 0. The van der Waals surface area contributed by atoms with Gasteiger partial charge < -0.3 is 5.32 Å². The van der Waals surface area contributed by atoms with Crippen LogP contribution in [0.2, 0.25) is 0 Å². The molecule has 0 bridgehead atoms. The Labute approximate surface area is 157 Å². The molecule has 0 heterocycles. The van der Waals surface area contributed by atoms with Crippen LogP contribution in [0.4, 0.5) is 5.69 Å². The van der Waals surface area contributed by atoms with Gasteiger partial charge in [0.1, 0.15) is 0 Å². The minimum absolute atomic E-state index is 0.221. The number of hydrogen-bond acceptors (Lipinski definition) is 3. The average Bonchev–Trinajstić information content (AvgIpc) is 2.47. The van der Waals surface area contributed by atoms with Gasteiger partial charge in [0.15, 0.2) is 0 Å². The number of nitrogens with one attached hydrogen (secondary N) is 2. The number of halogens is 1. The van der Waals surface area contributed by atoms with E-state index in [2.05, 4.69) is 26.0 Å². The quantitative estimate of drug-likeness (QED) is 0.768. The Kier molecular flexibility index (Phi) is 6.03. The molecule has 25 heavy (non-hydrogen) atoms. The van der Waals surface area contributed by atoms with E-state index in [4.69, 9.17) is 0 Å². The molecule has 0 saturated carbocycles. The Balaban J connectivity index is 2.20. The lowest BCUT2D eigenvalue weighted by molar-refractivity contribution is -0.117. The van der Waals surface area contributed by atoms with Crippen molar-refractivity contribution in [2.45, 2.75) is 38.6 Å². The molecule has 1 atom stereocenters. The molecule has 1 unspecified atom stereocenters. The van der Waals surface area contributed by atoms with Crippen LogP contribution in [0.3, 0.4) is 0 Å². The van der Waals surface area contributed by atoms with Crippen molar-refractivity contribution in [2.24, 2.45) is 0 Å². The van der Waals surface area contributed by atoms with Gasteiger partial charge in [0.25, 0.3) is 0 Å². The van der Waals surface area contributed by atoms with Crippen molar-refractivity contribution in [1.82, 2.24) is 4.72 Å². The van der Waals surface area contributed by atoms with Crippen molar-refractivity contribution in [1.29, 1.82) is 0 Å². The number of hydrogen-bond donors (Lipinski definition) is 2. The van der Waals surface area contributed by atoms with Crippen molar-refractivity contribution in [3.8, 4) is 0 Å². The summed E-state index contributed by atoms with van der Waals surface area (Å²) in [4.78, 5) is 12.6. The Hall–Kier alpha value is -1.70. The summed E-state index contributed by atoms with van der Waals surface area (Å²) in [6, 6.07) is 9.85. The van der Waals surface area contributed by atoms with E-state index in [0.717, 1.165) is 10.0 Å². The number of carbonyl (C=O) groups excluding carboxylic acids is 1. The van der Waals surface area contributed by atoms with Gasteiger partial charge in [-0.3, -0.25) is 4.79 Å². The fraction of sp³-hybridized carbons (Fsp3) is 0.278. The first-order valence-corrected chi connectivity index (χ1v) is 10.0. The molecule has 0 radical (unpaired) electrons. The Morgan fingerprint density at radius 3 is 2.20 bits per heavy atom. The number of carbonyl (C=O) groups is 1. The van der Waals surface area contributed by atoms with Crippen molar-refractivity contribution >= 4 is 37.5 Å². The zero-order valence-electron chi connectivity index (χ0n) is 14.6. The molecule has 1 amide bonds. The summed E-state index contributed by atoms with van der Waals surface area (Å²) < 4.78 is 28.6. The molecule has 134 valence electrons. The lowest BCUT2D eigenvalue weighted by Crippen LogP contribution is -2.42. The normalized spacial score (nSPS) is 12.7. The van der Waals surface area contributed by atoms with Gasteiger partial charge >= 0.3 is 0 Å². The minimum Gasteiger partial charge on any atom is -0.324 e. The summed E-state index contributed by atoms with van der Waals surface area (Å²) in [6.45, 7) is 6.93. The van der Waals surface area contributed by atoms with Crippen molar-refractivity contribution in [3.05, 3.63) is 57.6 Å². The van der Waals surface area contributed by atoms with Crippen LogP contribution in [-0.4, -0.2) is 20.4 Å². The van der Waals surface area contributed by atoms with E-state index in [1.807, 2.05) is 25.1 Å². The second-order valence-corrected chi connectivity index (χ2v) is 8.55. The lowest BCUT2D eigenvalue weighted by Gasteiger charge is -2.17. The van der Waals surface area contributed by atoms with Crippen LogP contribution in [0.15, 0.2) is 45.8 Å². The van der Waals surface area contributed by atoms with Crippen LogP contribution in [0.25, 0.3) is 0 Å². The SMILES string of the molecule is Cc1cc(C)c(S(=O)(=O)NC(C)C(=O)Nc2ccccc2Br)c(C)c1. The van der Waals surface area contributed by atoms with Gasteiger partial charge in [0.05, 0.1) is 16.6 Å². The summed E-state index contributed by atoms with van der Waals surface area (Å²) in [5.41, 5.74) is 2.89. The molecule has 5 nitrogen and oxygen atoms in total. The molecule has 0 aliphatic heterocycles. The third kappa shape index (κ3) is 4.68. The Bertz CT molecular complexity index is 887. The molecule has 0 saturated heterocycles. The van der Waals surface area contributed by atoms with E-state index < -0.39 is 22.0 Å². The van der Waals surface area contributed by atoms with Crippen LogP contribution in [0.1, 0.15) is 23.6 Å². The summed E-state index contributed by atoms with van der Waals surface area (Å²) in [5.74, 6) is -0.433. The fourth-order valence-corrected chi connectivity index (χ4v) is 4.78. The maximum absolute atomic E-state index is 12.7. The zero-order chi connectivity index (χ0) is 18.8. The van der Waals surface area contributed by atoms with Gasteiger partial charge in [-0.25, -0.2) is 8.42 Å². The van der Waals surface area contributed by atoms with Gasteiger partial charge in [-0.1, -0.05) is 29.8 Å². The van der Waals surface area contributed by atoms with Gasteiger partial charge in [-0.2, -0.15) is 4.72 Å². The van der Waals surface area contributed by atoms with Crippen molar-refractivity contribution in [3.63, 3.8) is 0 Å². The number of amides is 1. The molecule has 0 fully saturated rings. The molecule has 7 heteroatoms. The van der Waals surface area contributed by atoms with Gasteiger partial charge in [0, 0.05) is 4.47 Å². The Morgan fingerprint density at radius 2 is 1.64 bits per heavy atom. The van der Waals surface area contributed by atoms with Gasteiger partial charge in [-0.05, 0) is 66.9 Å².